The molecule has 2 aliphatic heterocycles. The van der Waals surface area contributed by atoms with Crippen LogP contribution < -0.4 is 5.32 Å². The molecule has 14 heteroatoms. The average molecular weight is 555 g/mol. The fourth-order valence-corrected chi connectivity index (χ4v) is 5.59. The van der Waals surface area contributed by atoms with Crippen LogP contribution in [0.3, 0.4) is 0 Å². The highest BCUT2D eigenvalue weighted by atomic mass is 32.2. The maximum absolute atomic E-state index is 13.7. The predicted molar refractivity (Wildman–Crippen MR) is 128 cm³/mol. The molecule has 2 heterocycles. The molecular formula is C23H34F4N4O5S. The SMILES string of the molecule is O=C(CCN(CCCN1CCCCC1)S(=O)(=O)c1cccc(F)c1)N1CCNCC1.O=C(O)C(F)(F)F. The molecule has 0 spiro atoms. The van der Waals surface area contributed by atoms with Gasteiger partial charge in [0.15, 0.2) is 0 Å². The largest absolute Gasteiger partial charge is 0.490 e. The molecule has 1 aromatic rings. The van der Waals surface area contributed by atoms with Crippen LogP contribution in [0.4, 0.5) is 17.6 Å². The standard InChI is InChI=1S/C21H33FN4O3S.C2HF3O2/c22-19-6-4-7-20(18-19)30(28,29)26(14-5-13-24-11-2-1-3-12-24)15-8-21(27)25-16-9-23-10-17-25;3-2(4,5)1(6)7/h4,6-7,18,23H,1-3,5,8-17H2;(H,6,7). The molecule has 9 nitrogen and oxygen atoms in total. The van der Waals surface area contributed by atoms with Crippen molar-refractivity contribution in [2.45, 2.75) is 43.2 Å². The number of benzene rings is 1. The number of rotatable bonds is 9. The smallest absolute Gasteiger partial charge is 0.475 e. The number of alkyl halides is 3. The van der Waals surface area contributed by atoms with Crippen LogP contribution in [0.5, 0.6) is 0 Å². The van der Waals surface area contributed by atoms with E-state index in [4.69, 9.17) is 9.90 Å². The lowest BCUT2D eigenvalue weighted by Crippen LogP contribution is -2.47. The van der Waals surface area contributed by atoms with E-state index in [-0.39, 0.29) is 23.8 Å². The molecule has 0 unspecified atom stereocenters. The first kappa shape index (κ1) is 30.9. The van der Waals surface area contributed by atoms with Gasteiger partial charge in [-0.1, -0.05) is 12.5 Å². The van der Waals surface area contributed by atoms with Gasteiger partial charge in [-0.05, 0) is 57.1 Å². The van der Waals surface area contributed by atoms with Crippen molar-refractivity contribution in [2.75, 3.05) is 58.9 Å². The molecule has 0 atom stereocenters. The van der Waals surface area contributed by atoms with Crippen molar-refractivity contribution < 1.29 is 40.7 Å². The first-order valence-electron chi connectivity index (χ1n) is 12.2. The molecule has 0 radical (unpaired) electrons. The molecular weight excluding hydrogens is 520 g/mol. The van der Waals surface area contributed by atoms with Crippen LogP contribution in [0.2, 0.25) is 0 Å². The fraction of sp³-hybridized carbons (Fsp3) is 0.652. The number of aliphatic carboxylic acids is 1. The predicted octanol–water partition coefficient (Wildman–Crippen LogP) is 2.15. The summed E-state index contributed by atoms with van der Waals surface area (Å²) in [4.78, 5) is 25.5. The minimum atomic E-state index is -5.08. The van der Waals surface area contributed by atoms with Crippen LogP contribution in [0.15, 0.2) is 29.2 Å². The molecule has 2 saturated heterocycles. The summed E-state index contributed by atoms with van der Waals surface area (Å²) in [6, 6.07) is 5.09. The van der Waals surface area contributed by atoms with Crippen molar-refractivity contribution in [3.63, 3.8) is 0 Å². The quantitative estimate of drug-likeness (QED) is 0.450. The van der Waals surface area contributed by atoms with Gasteiger partial charge in [0.2, 0.25) is 15.9 Å². The van der Waals surface area contributed by atoms with Crippen LogP contribution in [0, 0.1) is 5.82 Å². The Bertz CT molecular complexity index is 982. The van der Waals surface area contributed by atoms with E-state index < -0.39 is 28.0 Å². The van der Waals surface area contributed by atoms with Gasteiger partial charge in [-0.2, -0.15) is 17.5 Å². The highest BCUT2D eigenvalue weighted by molar-refractivity contribution is 7.89. The van der Waals surface area contributed by atoms with Crippen LogP contribution >= 0.6 is 0 Å². The molecule has 2 aliphatic rings. The van der Waals surface area contributed by atoms with Crippen LogP contribution in [0.1, 0.15) is 32.1 Å². The Morgan fingerprint density at radius 2 is 1.65 bits per heavy atom. The van der Waals surface area contributed by atoms with E-state index in [1.54, 1.807) is 4.90 Å². The molecule has 0 aliphatic carbocycles. The van der Waals surface area contributed by atoms with Crippen molar-refractivity contribution in [3.05, 3.63) is 30.1 Å². The van der Waals surface area contributed by atoms with Crippen LogP contribution in [0.25, 0.3) is 0 Å². The van der Waals surface area contributed by atoms with E-state index in [0.717, 1.165) is 38.8 Å². The lowest BCUT2D eigenvalue weighted by molar-refractivity contribution is -0.192. The van der Waals surface area contributed by atoms with Crippen molar-refractivity contribution in [2.24, 2.45) is 0 Å². The van der Waals surface area contributed by atoms with E-state index in [2.05, 4.69) is 10.2 Å². The Morgan fingerprint density at radius 3 is 2.22 bits per heavy atom. The second kappa shape index (κ2) is 14.6. The summed E-state index contributed by atoms with van der Waals surface area (Å²) in [5, 5.41) is 10.3. The summed E-state index contributed by atoms with van der Waals surface area (Å²) in [5.41, 5.74) is 0. The molecule has 0 aromatic heterocycles. The first-order chi connectivity index (χ1) is 17.4. The Kier molecular flexibility index (Phi) is 12.2. The van der Waals surface area contributed by atoms with Crippen molar-refractivity contribution in [1.29, 1.82) is 0 Å². The Balaban J connectivity index is 0.000000604. The minimum Gasteiger partial charge on any atom is -0.475 e. The third kappa shape index (κ3) is 10.5. The summed E-state index contributed by atoms with van der Waals surface area (Å²) in [5.74, 6) is -3.37. The summed E-state index contributed by atoms with van der Waals surface area (Å²) >= 11 is 0. The van der Waals surface area contributed by atoms with Gasteiger partial charge in [-0.15, -0.1) is 0 Å². The van der Waals surface area contributed by atoms with Gasteiger partial charge in [0, 0.05) is 45.7 Å². The van der Waals surface area contributed by atoms with Gasteiger partial charge >= 0.3 is 12.1 Å². The lowest BCUT2D eigenvalue weighted by atomic mass is 10.1. The van der Waals surface area contributed by atoms with Gasteiger partial charge in [-0.25, -0.2) is 17.6 Å². The van der Waals surface area contributed by atoms with Crippen molar-refractivity contribution >= 4 is 21.9 Å². The van der Waals surface area contributed by atoms with Crippen molar-refractivity contribution in [3.8, 4) is 0 Å². The normalized spacial score (nSPS) is 17.3. The topological polar surface area (TPSA) is 110 Å². The number of sulfonamides is 1. The number of halogens is 4. The number of carboxylic acids is 1. The number of nitrogens with one attached hydrogen (secondary N) is 1. The molecule has 2 fully saturated rings. The molecule has 1 amide bonds. The lowest BCUT2D eigenvalue weighted by Gasteiger charge is -2.30. The number of hydrogen-bond acceptors (Lipinski definition) is 6. The fourth-order valence-electron chi connectivity index (χ4n) is 4.08. The summed E-state index contributed by atoms with van der Waals surface area (Å²) in [6.45, 7) is 6.18. The summed E-state index contributed by atoms with van der Waals surface area (Å²) in [6.07, 6.45) is -0.631. The maximum atomic E-state index is 13.7. The molecule has 210 valence electrons. The van der Waals surface area contributed by atoms with E-state index in [0.29, 0.717) is 26.1 Å². The second-order valence-electron chi connectivity index (χ2n) is 8.80. The van der Waals surface area contributed by atoms with Crippen LogP contribution in [-0.4, -0.2) is 105 Å². The number of carbonyl (C=O) groups excluding carboxylic acids is 1. The number of carboxylic acid groups (broad SMARTS) is 1. The van der Waals surface area contributed by atoms with Crippen LogP contribution in [-0.2, 0) is 19.6 Å². The molecule has 37 heavy (non-hydrogen) atoms. The molecule has 0 saturated carbocycles. The summed E-state index contributed by atoms with van der Waals surface area (Å²) in [7, 11) is -3.86. The van der Waals surface area contributed by atoms with Gasteiger partial charge < -0.3 is 20.2 Å². The van der Waals surface area contributed by atoms with E-state index in [9.17, 15) is 30.8 Å². The van der Waals surface area contributed by atoms with Gasteiger partial charge in [0.05, 0.1) is 4.90 Å². The zero-order chi connectivity index (χ0) is 27.5. The van der Waals surface area contributed by atoms with Gasteiger partial charge in [0.25, 0.3) is 0 Å². The van der Waals surface area contributed by atoms with Gasteiger partial charge in [-0.3, -0.25) is 4.79 Å². The van der Waals surface area contributed by atoms with Gasteiger partial charge in [0.1, 0.15) is 5.82 Å². The highest BCUT2D eigenvalue weighted by Crippen LogP contribution is 2.19. The van der Waals surface area contributed by atoms with E-state index in [1.165, 1.54) is 41.8 Å². The number of piperazine rings is 1. The number of likely N-dealkylation sites (tertiary alicyclic amines) is 1. The first-order valence-corrected chi connectivity index (χ1v) is 13.6. The highest BCUT2D eigenvalue weighted by Gasteiger charge is 2.38. The third-order valence-corrected chi connectivity index (χ3v) is 7.95. The number of amides is 1. The molecule has 1 aromatic carbocycles. The third-order valence-electron chi connectivity index (χ3n) is 6.05. The zero-order valence-corrected chi connectivity index (χ0v) is 21.4. The van der Waals surface area contributed by atoms with E-state index in [1.807, 2.05) is 0 Å². The molecule has 3 rings (SSSR count). The number of piperidine rings is 1. The minimum absolute atomic E-state index is 0.0352. The number of nitrogens with zero attached hydrogens (tertiary/aromatic N) is 3. The molecule has 0 bridgehead atoms. The Hall–Kier alpha value is -2.29. The number of carbonyl (C=O) groups is 2. The number of hydrogen-bond donors (Lipinski definition) is 2. The second-order valence-corrected chi connectivity index (χ2v) is 10.7. The zero-order valence-electron chi connectivity index (χ0n) is 20.6. The van der Waals surface area contributed by atoms with E-state index >= 15 is 0 Å². The van der Waals surface area contributed by atoms with Crippen molar-refractivity contribution in [1.82, 2.24) is 19.4 Å². The monoisotopic (exact) mass is 554 g/mol. The maximum Gasteiger partial charge on any atom is 0.490 e. The Morgan fingerprint density at radius 1 is 1.03 bits per heavy atom. The molecule has 2 N–H and O–H groups in total. The average Bonchev–Trinajstić information content (AvgIpc) is 2.86. The Labute approximate surface area is 214 Å². The summed E-state index contributed by atoms with van der Waals surface area (Å²) < 4.78 is 73.1.